The van der Waals surface area contributed by atoms with Crippen molar-refractivity contribution in [2.45, 2.75) is 6.54 Å². The molecule has 0 amide bonds. The average Bonchev–Trinajstić information content (AvgIpc) is 2.56. The fourth-order valence-electron chi connectivity index (χ4n) is 1.29. The molecule has 0 aromatic carbocycles. The van der Waals surface area contributed by atoms with Gasteiger partial charge in [-0.3, -0.25) is 9.36 Å². The van der Waals surface area contributed by atoms with Crippen molar-refractivity contribution in [1.29, 1.82) is 0 Å². The number of hydrogen-bond acceptors (Lipinski definition) is 6. The van der Waals surface area contributed by atoms with Gasteiger partial charge in [0.1, 0.15) is 0 Å². The first-order valence-corrected chi connectivity index (χ1v) is 5.41. The third-order valence-corrected chi connectivity index (χ3v) is 2.89. The van der Waals surface area contributed by atoms with Gasteiger partial charge in [0.25, 0.3) is 0 Å². The number of aliphatic hydroxyl groups excluding tert-OH is 1. The zero-order valence-corrected chi connectivity index (χ0v) is 9.15. The lowest BCUT2D eigenvalue weighted by molar-refractivity contribution is 0.342. The van der Waals surface area contributed by atoms with E-state index in [4.69, 9.17) is 10.8 Å². The van der Waals surface area contributed by atoms with E-state index in [1.165, 1.54) is 10.8 Å². The molecule has 2 aromatic rings. The largest absolute Gasteiger partial charge is 0.392 e. The first-order chi connectivity index (χ1) is 7.72. The highest BCUT2D eigenvalue weighted by atomic mass is 32.1. The van der Waals surface area contributed by atoms with Gasteiger partial charge in [-0.2, -0.15) is 4.98 Å². The van der Waals surface area contributed by atoms with Crippen LogP contribution in [0.5, 0.6) is 0 Å². The van der Waals surface area contributed by atoms with Crippen LogP contribution >= 0.6 is 11.3 Å². The minimum atomic E-state index is -0.113. The molecule has 16 heavy (non-hydrogen) atoms. The third-order valence-electron chi connectivity index (χ3n) is 1.99. The van der Waals surface area contributed by atoms with Crippen molar-refractivity contribution in [3.8, 4) is 0 Å². The molecule has 0 saturated heterocycles. The number of nitrogen functional groups attached to an aromatic ring is 1. The van der Waals surface area contributed by atoms with E-state index in [1.807, 2.05) is 0 Å². The average molecular weight is 238 g/mol. The van der Waals surface area contributed by atoms with Crippen LogP contribution in [0.1, 0.15) is 0 Å². The van der Waals surface area contributed by atoms with E-state index in [0.717, 1.165) is 11.3 Å². The molecule has 0 bridgehead atoms. The van der Waals surface area contributed by atoms with Crippen molar-refractivity contribution < 1.29 is 5.11 Å². The van der Waals surface area contributed by atoms with Gasteiger partial charge in [0, 0.05) is 6.54 Å². The van der Waals surface area contributed by atoms with Crippen LogP contribution in [0, 0.1) is 0 Å². The molecule has 84 valence electrons. The monoisotopic (exact) mass is 238 g/mol. The van der Waals surface area contributed by atoms with E-state index in [0.29, 0.717) is 16.9 Å². The van der Waals surface area contributed by atoms with Crippen molar-refractivity contribution >= 4 is 27.6 Å². The zero-order chi connectivity index (χ0) is 11.5. The maximum atomic E-state index is 11.6. The van der Waals surface area contributed by atoms with E-state index in [1.54, 1.807) is 12.2 Å². The van der Waals surface area contributed by atoms with Crippen LogP contribution in [0.4, 0.5) is 5.95 Å². The molecule has 0 fully saturated rings. The van der Waals surface area contributed by atoms with Gasteiger partial charge in [-0.15, -0.1) is 0 Å². The Labute approximate surface area is 94.7 Å². The Bertz CT molecular complexity index is 587. The molecule has 0 unspecified atom stereocenters. The molecule has 0 aliphatic heterocycles. The van der Waals surface area contributed by atoms with E-state index in [2.05, 4.69) is 9.97 Å². The highest BCUT2D eigenvalue weighted by Gasteiger charge is 2.08. The molecular formula is C9H10N4O2S. The van der Waals surface area contributed by atoms with Crippen LogP contribution < -0.4 is 10.6 Å². The fourth-order valence-corrected chi connectivity index (χ4v) is 2.10. The van der Waals surface area contributed by atoms with Crippen LogP contribution in [0.25, 0.3) is 10.3 Å². The van der Waals surface area contributed by atoms with Crippen LogP contribution in [0.3, 0.4) is 0 Å². The number of nitrogens with two attached hydrogens (primary N) is 1. The lowest BCUT2D eigenvalue weighted by atomic mass is 10.5. The minimum Gasteiger partial charge on any atom is -0.392 e. The Balaban J connectivity index is 2.50. The molecule has 0 aliphatic carbocycles. The topological polar surface area (TPSA) is 94.0 Å². The second-order valence-corrected chi connectivity index (χ2v) is 4.04. The predicted molar refractivity (Wildman–Crippen MR) is 62.3 cm³/mol. The van der Waals surface area contributed by atoms with E-state index in [-0.39, 0.29) is 17.4 Å². The van der Waals surface area contributed by atoms with Crippen LogP contribution in [0.2, 0.25) is 0 Å². The summed E-state index contributed by atoms with van der Waals surface area (Å²) in [7, 11) is 0. The smallest absolute Gasteiger partial charge is 0.309 e. The minimum absolute atomic E-state index is 0.0477. The van der Waals surface area contributed by atoms with Gasteiger partial charge in [-0.25, -0.2) is 4.98 Å². The van der Waals surface area contributed by atoms with E-state index < -0.39 is 0 Å². The van der Waals surface area contributed by atoms with Crippen molar-refractivity contribution in [3.63, 3.8) is 0 Å². The standard InChI is InChI=1S/C9H10N4O2S/c10-8-11-5-6-7(12-8)13(9(15)16-6)3-1-2-4-14/h1-2,5,14H,3-4H2,(H2,10,11,12). The molecule has 6 nitrogen and oxygen atoms in total. The number of allylic oxidation sites excluding steroid dienone is 1. The Morgan fingerprint density at radius 3 is 3.12 bits per heavy atom. The van der Waals surface area contributed by atoms with E-state index >= 15 is 0 Å². The van der Waals surface area contributed by atoms with Crippen LogP contribution in [0.15, 0.2) is 23.1 Å². The Kier molecular flexibility index (Phi) is 2.97. The zero-order valence-electron chi connectivity index (χ0n) is 8.33. The Morgan fingerprint density at radius 2 is 2.38 bits per heavy atom. The molecule has 2 heterocycles. The number of nitrogens with zero attached hydrogens (tertiary/aromatic N) is 3. The molecule has 3 N–H and O–H groups in total. The maximum absolute atomic E-state index is 11.6. The van der Waals surface area contributed by atoms with Crippen molar-refractivity contribution in [2.75, 3.05) is 12.3 Å². The van der Waals surface area contributed by atoms with Crippen molar-refractivity contribution in [1.82, 2.24) is 14.5 Å². The Morgan fingerprint density at radius 1 is 1.56 bits per heavy atom. The van der Waals surface area contributed by atoms with Crippen LogP contribution in [-0.2, 0) is 6.54 Å². The summed E-state index contributed by atoms with van der Waals surface area (Å²) in [5.41, 5.74) is 6.00. The highest BCUT2D eigenvalue weighted by molar-refractivity contribution is 7.16. The number of anilines is 1. The first kappa shape index (κ1) is 10.8. The lowest BCUT2D eigenvalue weighted by Crippen LogP contribution is -2.12. The first-order valence-electron chi connectivity index (χ1n) is 4.60. The van der Waals surface area contributed by atoms with Gasteiger partial charge in [0.15, 0.2) is 5.65 Å². The summed E-state index contributed by atoms with van der Waals surface area (Å²) in [4.78, 5) is 19.4. The molecule has 0 saturated carbocycles. The van der Waals surface area contributed by atoms with E-state index in [9.17, 15) is 4.79 Å². The highest BCUT2D eigenvalue weighted by Crippen LogP contribution is 2.14. The normalized spacial score (nSPS) is 11.6. The van der Waals surface area contributed by atoms with Gasteiger partial charge in [0.2, 0.25) is 5.95 Å². The number of thiazole rings is 1. The quantitative estimate of drug-likeness (QED) is 0.733. The molecule has 7 heteroatoms. The maximum Gasteiger partial charge on any atom is 0.309 e. The number of aliphatic hydroxyl groups is 1. The molecular weight excluding hydrogens is 228 g/mol. The summed E-state index contributed by atoms with van der Waals surface area (Å²) in [6, 6.07) is 0. The van der Waals surface area contributed by atoms with Gasteiger partial charge in [-0.05, 0) is 0 Å². The second kappa shape index (κ2) is 4.42. The number of rotatable bonds is 3. The number of aromatic nitrogens is 3. The molecule has 0 spiro atoms. The Hall–Kier alpha value is -1.73. The summed E-state index contributed by atoms with van der Waals surface area (Å²) >= 11 is 1.08. The van der Waals surface area contributed by atoms with Crippen LogP contribution in [-0.4, -0.2) is 26.2 Å². The molecule has 2 aromatic heterocycles. The molecule has 2 rings (SSSR count). The van der Waals surface area contributed by atoms with Gasteiger partial charge in [0.05, 0.1) is 17.5 Å². The molecule has 0 radical (unpaired) electrons. The van der Waals surface area contributed by atoms with Crippen molar-refractivity contribution in [3.05, 3.63) is 28.0 Å². The van der Waals surface area contributed by atoms with Gasteiger partial charge < -0.3 is 10.8 Å². The fraction of sp³-hybridized carbons (Fsp3) is 0.222. The summed E-state index contributed by atoms with van der Waals surface area (Å²) in [5.74, 6) is 0.144. The number of hydrogen-bond donors (Lipinski definition) is 2. The molecule has 0 atom stereocenters. The SMILES string of the molecule is Nc1ncc2sc(=O)n(CC=CCO)c2n1. The molecule has 0 aliphatic rings. The lowest BCUT2D eigenvalue weighted by Gasteiger charge is -1.98. The predicted octanol–water partition coefficient (Wildman–Crippen LogP) is -0.0163. The van der Waals surface area contributed by atoms with Gasteiger partial charge in [-0.1, -0.05) is 23.5 Å². The summed E-state index contributed by atoms with van der Waals surface area (Å²) in [6.45, 7) is 0.323. The summed E-state index contributed by atoms with van der Waals surface area (Å²) < 4.78 is 2.20. The van der Waals surface area contributed by atoms with Gasteiger partial charge >= 0.3 is 4.87 Å². The summed E-state index contributed by atoms with van der Waals surface area (Å²) in [5, 5.41) is 8.60. The second-order valence-electron chi connectivity index (χ2n) is 3.05. The number of fused-ring (bicyclic) bond motifs is 1. The van der Waals surface area contributed by atoms with Crippen molar-refractivity contribution in [2.24, 2.45) is 0 Å². The third kappa shape index (κ3) is 1.95. The summed E-state index contributed by atoms with van der Waals surface area (Å²) in [6.07, 6.45) is 4.81.